The van der Waals surface area contributed by atoms with Crippen LogP contribution in [0.25, 0.3) is 0 Å². The topological polar surface area (TPSA) is 72.9 Å². The Morgan fingerprint density at radius 1 is 1.33 bits per heavy atom. The second kappa shape index (κ2) is 5.35. The molecule has 6 nitrogen and oxygen atoms in total. The van der Waals surface area contributed by atoms with Crippen molar-refractivity contribution in [1.82, 2.24) is 4.90 Å². The van der Waals surface area contributed by atoms with E-state index in [0.717, 1.165) is 12.7 Å². The zero-order valence-electron chi connectivity index (χ0n) is 11.7. The highest BCUT2D eigenvalue weighted by Gasteiger charge is 2.45. The summed E-state index contributed by atoms with van der Waals surface area (Å²) in [6, 6.07) is 1.46. The highest BCUT2D eigenvalue weighted by Crippen LogP contribution is 2.32. The molecule has 0 aromatic carbocycles. The third-order valence-corrected chi connectivity index (χ3v) is 6.10. The zero-order valence-corrected chi connectivity index (χ0v) is 13.3. The van der Waals surface area contributed by atoms with Crippen molar-refractivity contribution in [3.8, 4) is 0 Å². The number of carbonyl (C=O) groups is 1. The van der Waals surface area contributed by atoms with Crippen LogP contribution in [0.4, 0.5) is 0 Å². The van der Waals surface area contributed by atoms with Gasteiger partial charge in [0.2, 0.25) is 0 Å². The number of carbonyl (C=O) groups excluding carboxylic acids is 1. The predicted molar refractivity (Wildman–Crippen MR) is 77.5 cm³/mol. The average Bonchev–Trinajstić information content (AvgIpc) is 3.07. The smallest absolute Gasteiger partial charge is 0.264 e. The minimum absolute atomic E-state index is 0.135. The lowest BCUT2D eigenvalue weighted by molar-refractivity contribution is -0.0549. The molecule has 0 N–H and O–H groups in total. The van der Waals surface area contributed by atoms with Crippen LogP contribution < -0.4 is 0 Å². The Bertz CT molecular complexity index is 645. The number of morpholine rings is 1. The summed E-state index contributed by atoms with van der Waals surface area (Å²) in [6.45, 7) is 2.57. The van der Waals surface area contributed by atoms with Crippen LogP contribution >= 0.6 is 11.3 Å². The lowest BCUT2D eigenvalue weighted by atomic mass is 9.95. The van der Waals surface area contributed by atoms with Crippen molar-refractivity contribution in [2.24, 2.45) is 0 Å². The minimum atomic E-state index is -3.28. The van der Waals surface area contributed by atoms with E-state index in [2.05, 4.69) is 0 Å². The Morgan fingerprint density at radius 3 is 2.67 bits per heavy atom. The Hall–Kier alpha value is -0.960. The highest BCUT2D eigenvalue weighted by atomic mass is 32.2. The summed E-state index contributed by atoms with van der Waals surface area (Å²) in [7, 11) is -3.28. The molecular weight excluding hydrogens is 314 g/mol. The van der Waals surface area contributed by atoms with Crippen molar-refractivity contribution >= 4 is 27.1 Å². The van der Waals surface area contributed by atoms with Crippen molar-refractivity contribution in [2.75, 3.05) is 39.2 Å². The summed E-state index contributed by atoms with van der Waals surface area (Å²) >= 11 is 1.17. The summed E-state index contributed by atoms with van der Waals surface area (Å²) in [5.41, 5.74) is -0.398. The Balaban J connectivity index is 1.88. The lowest BCUT2D eigenvalue weighted by Gasteiger charge is -2.43. The monoisotopic (exact) mass is 331 g/mol. The van der Waals surface area contributed by atoms with Gasteiger partial charge in [-0.1, -0.05) is 0 Å². The Kier molecular flexibility index (Phi) is 3.81. The molecule has 2 saturated heterocycles. The van der Waals surface area contributed by atoms with E-state index in [9.17, 15) is 13.2 Å². The van der Waals surface area contributed by atoms with Crippen LogP contribution in [-0.2, 0) is 19.3 Å². The van der Waals surface area contributed by atoms with Crippen molar-refractivity contribution in [3.63, 3.8) is 0 Å². The van der Waals surface area contributed by atoms with E-state index < -0.39 is 15.4 Å². The molecule has 1 aromatic rings. The van der Waals surface area contributed by atoms with Crippen LogP contribution in [0.15, 0.2) is 16.3 Å². The third kappa shape index (κ3) is 2.73. The molecule has 0 radical (unpaired) electrons. The minimum Gasteiger partial charge on any atom is -0.379 e. The van der Waals surface area contributed by atoms with Gasteiger partial charge in [-0.05, 0) is 12.5 Å². The summed E-state index contributed by atoms with van der Waals surface area (Å²) in [5, 5.41) is 1.51. The highest BCUT2D eigenvalue weighted by molar-refractivity contribution is 7.90. The van der Waals surface area contributed by atoms with Crippen LogP contribution in [0, 0.1) is 0 Å². The number of rotatable bonds is 2. The van der Waals surface area contributed by atoms with Crippen molar-refractivity contribution in [3.05, 3.63) is 16.3 Å². The van der Waals surface area contributed by atoms with Gasteiger partial charge >= 0.3 is 0 Å². The quantitative estimate of drug-likeness (QED) is 0.801. The van der Waals surface area contributed by atoms with E-state index in [0.29, 0.717) is 37.8 Å². The van der Waals surface area contributed by atoms with Crippen LogP contribution in [0.3, 0.4) is 0 Å². The van der Waals surface area contributed by atoms with Gasteiger partial charge in [0.05, 0.1) is 35.1 Å². The molecule has 21 heavy (non-hydrogen) atoms. The molecule has 1 spiro atoms. The third-order valence-electron chi connectivity index (χ3n) is 3.94. The normalized spacial score (nSPS) is 26.4. The maximum absolute atomic E-state index is 12.7. The van der Waals surface area contributed by atoms with Crippen LogP contribution in [0.2, 0.25) is 0 Å². The SMILES string of the molecule is CS(=O)(=O)c1csc(C(=O)N2CCOCC23CCOC3)c1. The average molecular weight is 331 g/mol. The number of ether oxygens (including phenoxy) is 2. The van der Waals surface area contributed by atoms with Crippen LogP contribution in [0.1, 0.15) is 16.1 Å². The van der Waals surface area contributed by atoms with E-state index in [1.165, 1.54) is 22.8 Å². The fourth-order valence-electron chi connectivity index (χ4n) is 2.73. The van der Waals surface area contributed by atoms with Crippen LogP contribution in [-0.4, -0.2) is 64.0 Å². The van der Waals surface area contributed by atoms with E-state index in [-0.39, 0.29) is 10.8 Å². The van der Waals surface area contributed by atoms with Gasteiger partial charge in [-0.2, -0.15) is 0 Å². The van der Waals surface area contributed by atoms with Gasteiger partial charge in [0.15, 0.2) is 9.84 Å². The molecule has 1 aromatic heterocycles. The van der Waals surface area contributed by atoms with Gasteiger partial charge in [-0.25, -0.2) is 8.42 Å². The molecule has 1 unspecified atom stereocenters. The molecule has 3 rings (SSSR count). The van der Waals surface area contributed by atoms with Gasteiger partial charge < -0.3 is 14.4 Å². The first-order chi connectivity index (χ1) is 9.92. The number of amides is 1. The first-order valence-electron chi connectivity index (χ1n) is 6.68. The fourth-order valence-corrected chi connectivity index (χ4v) is 4.70. The van der Waals surface area contributed by atoms with Crippen molar-refractivity contribution in [2.45, 2.75) is 16.9 Å². The maximum atomic E-state index is 12.7. The van der Waals surface area contributed by atoms with Crippen molar-refractivity contribution in [1.29, 1.82) is 0 Å². The first-order valence-corrected chi connectivity index (χ1v) is 9.46. The summed E-state index contributed by atoms with van der Waals surface area (Å²) in [4.78, 5) is 15.2. The van der Waals surface area contributed by atoms with Gasteiger partial charge in [-0.3, -0.25) is 4.79 Å². The Morgan fingerprint density at radius 2 is 2.05 bits per heavy atom. The molecule has 1 atom stereocenters. The van der Waals surface area contributed by atoms with E-state index in [4.69, 9.17) is 9.47 Å². The van der Waals surface area contributed by atoms with E-state index in [1.54, 1.807) is 4.90 Å². The number of nitrogens with zero attached hydrogens (tertiary/aromatic N) is 1. The second-order valence-electron chi connectivity index (χ2n) is 5.46. The van der Waals surface area contributed by atoms with E-state index >= 15 is 0 Å². The standard InChI is InChI=1S/C13H17NO5S2/c1-21(16,17)10-6-11(20-7-10)12(15)14-3-5-19-9-13(14)2-4-18-8-13/h6-7H,2-5,8-9H2,1H3. The summed E-state index contributed by atoms with van der Waals surface area (Å²) in [6.07, 6.45) is 1.90. The fraction of sp³-hybridized carbons (Fsp3) is 0.615. The maximum Gasteiger partial charge on any atom is 0.264 e. The van der Waals surface area contributed by atoms with E-state index in [1.807, 2.05) is 0 Å². The van der Waals surface area contributed by atoms with Crippen LogP contribution in [0.5, 0.6) is 0 Å². The second-order valence-corrected chi connectivity index (χ2v) is 8.38. The number of hydrogen-bond acceptors (Lipinski definition) is 6. The molecule has 8 heteroatoms. The molecule has 0 aliphatic carbocycles. The van der Waals surface area contributed by atoms with Gasteiger partial charge in [-0.15, -0.1) is 11.3 Å². The number of hydrogen-bond donors (Lipinski definition) is 0. The van der Waals surface area contributed by atoms with Gasteiger partial charge in [0.1, 0.15) is 0 Å². The van der Waals surface area contributed by atoms with Crippen molar-refractivity contribution < 1.29 is 22.7 Å². The molecule has 2 aliphatic rings. The zero-order chi connectivity index (χ0) is 15.1. The molecule has 3 heterocycles. The largest absolute Gasteiger partial charge is 0.379 e. The number of thiophene rings is 1. The molecule has 2 aliphatic heterocycles. The molecule has 2 fully saturated rings. The summed E-state index contributed by atoms with van der Waals surface area (Å²) < 4.78 is 34.0. The first kappa shape index (κ1) is 15.0. The molecular formula is C13H17NO5S2. The molecule has 0 saturated carbocycles. The van der Waals surface area contributed by atoms with Gasteiger partial charge in [0, 0.05) is 24.8 Å². The lowest BCUT2D eigenvalue weighted by Crippen LogP contribution is -2.59. The Labute approximate surface area is 127 Å². The van der Waals surface area contributed by atoms with Gasteiger partial charge in [0.25, 0.3) is 5.91 Å². The molecule has 1 amide bonds. The predicted octanol–water partition coefficient (Wildman–Crippen LogP) is 0.783. The molecule has 116 valence electrons. The summed E-state index contributed by atoms with van der Waals surface area (Å²) in [5.74, 6) is -0.135. The molecule has 0 bridgehead atoms. The number of sulfone groups is 1.